The van der Waals surface area contributed by atoms with Crippen LogP contribution in [0.5, 0.6) is 0 Å². The van der Waals surface area contributed by atoms with E-state index in [0.717, 1.165) is 30.0 Å². The molecule has 0 fully saturated rings. The summed E-state index contributed by atoms with van der Waals surface area (Å²) in [6, 6.07) is 3.93. The van der Waals surface area contributed by atoms with Gasteiger partial charge >= 0.3 is 0 Å². The molecule has 2 aromatic rings. The molecule has 2 aromatic heterocycles. The number of carbonyl (C=O) groups is 2. The molecule has 0 aliphatic carbocycles. The fourth-order valence-corrected chi connectivity index (χ4v) is 4.19. The second-order valence-corrected chi connectivity index (χ2v) is 7.33. The molecular weight excluding hydrogens is 338 g/mol. The number of nitrogens with two attached hydrogens (primary N) is 1. The highest BCUT2D eigenvalue weighted by Gasteiger charge is 2.28. The van der Waals surface area contributed by atoms with Gasteiger partial charge in [-0.1, -0.05) is 0 Å². The average Bonchev–Trinajstić information content (AvgIpc) is 3.19. The third kappa shape index (κ3) is 3.83. The Hall–Kier alpha value is -2.38. The predicted molar refractivity (Wildman–Crippen MR) is 98.5 cm³/mol. The maximum absolute atomic E-state index is 12.2. The van der Waals surface area contributed by atoms with Crippen molar-refractivity contribution in [1.82, 2.24) is 4.90 Å². The molecule has 0 radical (unpaired) electrons. The van der Waals surface area contributed by atoms with Gasteiger partial charge < -0.3 is 15.5 Å². The first-order chi connectivity index (χ1) is 12.0. The van der Waals surface area contributed by atoms with Gasteiger partial charge in [0.25, 0.3) is 5.91 Å². The largest absolute Gasteiger partial charge is 0.465 e. The van der Waals surface area contributed by atoms with E-state index in [1.54, 1.807) is 18.2 Å². The number of furan rings is 1. The van der Waals surface area contributed by atoms with Crippen LogP contribution in [0.25, 0.3) is 6.08 Å². The molecule has 1 aliphatic rings. The fraction of sp³-hybridized carbons (Fsp3) is 0.333. The fourth-order valence-electron chi connectivity index (χ4n) is 2.91. The van der Waals surface area contributed by atoms with Gasteiger partial charge in [-0.15, -0.1) is 11.3 Å². The monoisotopic (exact) mass is 359 g/mol. The van der Waals surface area contributed by atoms with Crippen molar-refractivity contribution in [3.63, 3.8) is 0 Å². The van der Waals surface area contributed by atoms with E-state index in [1.165, 1.54) is 23.7 Å². The lowest BCUT2D eigenvalue weighted by Crippen LogP contribution is -2.35. The zero-order valence-electron chi connectivity index (χ0n) is 14.2. The Morgan fingerprint density at radius 3 is 2.88 bits per heavy atom. The van der Waals surface area contributed by atoms with Gasteiger partial charge in [0.1, 0.15) is 10.8 Å². The molecule has 0 atom stereocenters. The lowest BCUT2D eigenvalue weighted by molar-refractivity contribution is -0.111. The first kappa shape index (κ1) is 17.4. The standard InChI is InChI=1S/C18H21N3O3S/c1-11(2)21-8-7-13-14(10-21)25-18(16(13)17(19)23)20-15(22)6-5-12-4-3-9-24-12/h3-6,9,11H,7-8,10H2,1-2H3,(H2,19,23)(H,20,22)/b6-5+. The van der Waals surface area contributed by atoms with Gasteiger partial charge in [0.15, 0.2) is 0 Å². The molecule has 0 spiro atoms. The van der Waals surface area contributed by atoms with Gasteiger partial charge in [0, 0.05) is 30.1 Å². The van der Waals surface area contributed by atoms with Crippen LogP contribution in [0.1, 0.15) is 40.4 Å². The minimum absolute atomic E-state index is 0.321. The Morgan fingerprint density at radius 1 is 1.44 bits per heavy atom. The molecule has 3 heterocycles. The molecule has 2 amide bonds. The summed E-state index contributed by atoms with van der Waals surface area (Å²) in [4.78, 5) is 27.5. The number of rotatable bonds is 5. The highest BCUT2D eigenvalue weighted by molar-refractivity contribution is 7.17. The van der Waals surface area contributed by atoms with Crippen molar-refractivity contribution in [3.8, 4) is 0 Å². The van der Waals surface area contributed by atoms with Gasteiger partial charge in [0.2, 0.25) is 5.91 Å². The van der Waals surface area contributed by atoms with Gasteiger partial charge in [0.05, 0.1) is 11.8 Å². The number of hydrogen-bond acceptors (Lipinski definition) is 5. The third-order valence-corrected chi connectivity index (χ3v) is 5.37. The number of nitrogens with one attached hydrogen (secondary N) is 1. The van der Waals surface area contributed by atoms with Gasteiger partial charge in [-0.2, -0.15) is 0 Å². The molecule has 0 bridgehead atoms. The van der Waals surface area contributed by atoms with Crippen LogP contribution in [-0.2, 0) is 17.8 Å². The topological polar surface area (TPSA) is 88.6 Å². The smallest absolute Gasteiger partial charge is 0.251 e. The molecule has 1 aliphatic heterocycles. The number of hydrogen-bond donors (Lipinski definition) is 2. The molecule has 7 heteroatoms. The molecule has 0 saturated heterocycles. The van der Waals surface area contributed by atoms with Gasteiger partial charge in [-0.05, 0) is 44.0 Å². The molecule has 0 unspecified atom stereocenters. The zero-order valence-corrected chi connectivity index (χ0v) is 15.1. The van der Waals surface area contributed by atoms with Crippen LogP contribution in [-0.4, -0.2) is 29.3 Å². The van der Waals surface area contributed by atoms with Crippen LogP contribution >= 0.6 is 11.3 Å². The van der Waals surface area contributed by atoms with Crippen molar-refractivity contribution >= 4 is 34.2 Å². The maximum atomic E-state index is 12.2. The average molecular weight is 359 g/mol. The predicted octanol–water partition coefficient (Wildman–Crippen LogP) is 2.86. The molecule has 0 aromatic carbocycles. The molecule has 6 nitrogen and oxygen atoms in total. The van der Waals surface area contributed by atoms with Crippen molar-refractivity contribution < 1.29 is 14.0 Å². The van der Waals surface area contributed by atoms with E-state index >= 15 is 0 Å². The second kappa shape index (κ2) is 7.25. The Labute approximate surface area is 150 Å². The highest BCUT2D eigenvalue weighted by atomic mass is 32.1. The number of thiophene rings is 1. The van der Waals surface area contributed by atoms with E-state index in [-0.39, 0.29) is 5.91 Å². The maximum Gasteiger partial charge on any atom is 0.251 e. The van der Waals surface area contributed by atoms with E-state index in [2.05, 4.69) is 24.1 Å². The Balaban J connectivity index is 1.81. The minimum Gasteiger partial charge on any atom is -0.465 e. The molecule has 25 heavy (non-hydrogen) atoms. The third-order valence-electron chi connectivity index (χ3n) is 4.24. The van der Waals surface area contributed by atoms with E-state index in [4.69, 9.17) is 10.2 Å². The summed E-state index contributed by atoms with van der Waals surface area (Å²) in [5.74, 6) is -0.234. The number of nitrogens with zero attached hydrogens (tertiary/aromatic N) is 1. The summed E-state index contributed by atoms with van der Waals surface area (Å²) in [5, 5.41) is 3.31. The molecule has 3 N–H and O–H groups in total. The Morgan fingerprint density at radius 2 is 2.24 bits per heavy atom. The van der Waals surface area contributed by atoms with E-state index in [9.17, 15) is 9.59 Å². The van der Waals surface area contributed by atoms with Crippen LogP contribution in [0.4, 0.5) is 5.00 Å². The highest BCUT2D eigenvalue weighted by Crippen LogP contribution is 2.37. The number of fused-ring (bicyclic) bond motifs is 1. The lowest BCUT2D eigenvalue weighted by Gasteiger charge is -2.30. The van der Waals surface area contributed by atoms with Crippen molar-refractivity contribution in [3.05, 3.63) is 46.2 Å². The van der Waals surface area contributed by atoms with Crippen LogP contribution < -0.4 is 11.1 Å². The summed E-state index contributed by atoms with van der Waals surface area (Å²) in [6.45, 7) is 5.95. The van der Waals surface area contributed by atoms with Crippen LogP contribution in [0.15, 0.2) is 28.9 Å². The first-order valence-corrected chi connectivity index (χ1v) is 8.98. The minimum atomic E-state index is -0.499. The van der Waals surface area contributed by atoms with E-state index in [0.29, 0.717) is 22.4 Å². The van der Waals surface area contributed by atoms with Crippen molar-refractivity contribution in [2.75, 3.05) is 11.9 Å². The first-order valence-electron chi connectivity index (χ1n) is 8.16. The van der Waals surface area contributed by atoms with E-state index in [1.807, 2.05) is 0 Å². The Kier molecular flexibility index (Phi) is 5.06. The number of amides is 2. The molecular formula is C18H21N3O3S. The lowest BCUT2D eigenvalue weighted by atomic mass is 10.0. The summed E-state index contributed by atoms with van der Waals surface area (Å²) in [7, 11) is 0. The summed E-state index contributed by atoms with van der Waals surface area (Å²) in [6.07, 6.45) is 5.26. The SMILES string of the molecule is CC(C)N1CCc2c(sc(NC(=O)/C=C/c3ccco3)c2C(N)=O)C1. The number of carbonyl (C=O) groups excluding carboxylic acids is 2. The van der Waals surface area contributed by atoms with Crippen molar-refractivity contribution in [2.45, 2.75) is 32.9 Å². The molecule has 3 rings (SSSR count). The van der Waals surface area contributed by atoms with Gasteiger partial charge in [-0.3, -0.25) is 14.5 Å². The summed E-state index contributed by atoms with van der Waals surface area (Å²) >= 11 is 1.43. The van der Waals surface area contributed by atoms with Crippen LogP contribution in [0.2, 0.25) is 0 Å². The van der Waals surface area contributed by atoms with Crippen molar-refractivity contribution in [2.24, 2.45) is 5.73 Å². The molecule has 0 saturated carbocycles. The quantitative estimate of drug-likeness (QED) is 0.804. The van der Waals surface area contributed by atoms with Crippen LogP contribution in [0.3, 0.4) is 0 Å². The van der Waals surface area contributed by atoms with Crippen LogP contribution in [0, 0.1) is 0 Å². The summed E-state index contributed by atoms with van der Waals surface area (Å²) < 4.78 is 5.15. The number of anilines is 1. The van der Waals surface area contributed by atoms with Gasteiger partial charge in [-0.25, -0.2) is 0 Å². The van der Waals surface area contributed by atoms with E-state index < -0.39 is 5.91 Å². The normalized spacial score (nSPS) is 14.8. The summed E-state index contributed by atoms with van der Waals surface area (Å²) in [5.41, 5.74) is 6.99. The molecule has 132 valence electrons. The second-order valence-electron chi connectivity index (χ2n) is 6.22. The Bertz CT molecular complexity index is 806. The van der Waals surface area contributed by atoms with Crippen molar-refractivity contribution in [1.29, 1.82) is 0 Å². The zero-order chi connectivity index (χ0) is 18.0. The number of primary amides is 1.